The van der Waals surface area contributed by atoms with Crippen LogP contribution in [0.1, 0.15) is 37.7 Å². The maximum Gasteiger partial charge on any atom is 0.416 e. The van der Waals surface area contributed by atoms with Crippen molar-refractivity contribution in [3.63, 3.8) is 0 Å². The van der Waals surface area contributed by atoms with Crippen LogP contribution in [-0.2, 0) is 11.0 Å². The highest BCUT2D eigenvalue weighted by Crippen LogP contribution is 2.34. The Labute approximate surface area is 160 Å². The summed E-state index contributed by atoms with van der Waals surface area (Å²) in [7, 11) is 0. The Morgan fingerprint density at radius 3 is 2.43 bits per heavy atom. The van der Waals surface area contributed by atoms with E-state index in [0.29, 0.717) is 22.7 Å². The van der Waals surface area contributed by atoms with Gasteiger partial charge in [-0.1, -0.05) is 37.5 Å². The zero-order valence-corrected chi connectivity index (χ0v) is 15.2. The molecule has 0 aliphatic heterocycles. The molecular formula is C21H20F3N3O. The first-order valence-electron chi connectivity index (χ1n) is 9.39. The highest BCUT2D eigenvalue weighted by atomic mass is 19.4. The topological polar surface area (TPSA) is 46.4 Å². The van der Waals surface area contributed by atoms with Crippen LogP contribution < -0.4 is 5.32 Å². The number of anilines is 1. The molecule has 0 unspecified atom stereocenters. The lowest BCUT2D eigenvalue weighted by molar-refractivity contribution is -0.137. The molecule has 28 heavy (non-hydrogen) atoms. The SMILES string of the molecule is O=C(Nc1c(-c2ccc(C(F)(F)F)cc2)nc2ccccn12)C1CCCCC1. The molecule has 1 aliphatic rings. The van der Waals surface area contributed by atoms with Gasteiger partial charge < -0.3 is 5.32 Å². The minimum absolute atomic E-state index is 0.0385. The van der Waals surface area contributed by atoms with Crippen molar-refractivity contribution in [2.24, 2.45) is 5.92 Å². The average molecular weight is 387 g/mol. The number of imidazole rings is 1. The second-order valence-electron chi connectivity index (χ2n) is 7.14. The first-order chi connectivity index (χ1) is 13.4. The molecule has 7 heteroatoms. The molecule has 0 saturated heterocycles. The van der Waals surface area contributed by atoms with Gasteiger partial charge in [-0.3, -0.25) is 9.20 Å². The second-order valence-corrected chi connectivity index (χ2v) is 7.14. The number of nitrogens with zero attached hydrogens (tertiary/aromatic N) is 2. The molecule has 146 valence electrons. The molecule has 1 N–H and O–H groups in total. The molecule has 2 aromatic heterocycles. The summed E-state index contributed by atoms with van der Waals surface area (Å²) in [6.07, 6.45) is 2.34. The van der Waals surface area contributed by atoms with Crippen LogP contribution in [0.2, 0.25) is 0 Å². The van der Waals surface area contributed by atoms with Crippen LogP contribution in [0.4, 0.5) is 19.0 Å². The third kappa shape index (κ3) is 3.61. The summed E-state index contributed by atoms with van der Waals surface area (Å²) in [5.74, 6) is 0.396. The van der Waals surface area contributed by atoms with E-state index in [0.717, 1.165) is 44.2 Å². The Morgan fingerprint density at radius 1 is 1.04 bits per heavy atom. The maximum atomic E-state index is 12.9. The minimum atomic E-state index is -4.39. The molecule has 1 aliphatic carbocycles. The van der Waals surface area contributed by atoms with Gasteiger partial charge in [-0.25, -0.2) is 4.98 Å². The number of amides is 1. The zero-order chi connectivity index (χ0) is 19.7. The fourth-order valence-electron chi connectivity index (χ4n) is 3.72. The molecular weight excluding hydrogens is 367 g/mol. The monoisotopic (exact) mass is 387 g/mol. The van der Waals surface area contributed by atoms with E-state index in [-0.39, 0.29) is 11.8 Å². The number of alkyl halides is 3. The number of rotatable bonds is 3. The molecule has 1 saturated carbocycles. The Hall–Kier alpha value is -2.83. The van der Waals surface area contributed by atoms with Gasteiger partial charge in [-0.15, -0.1) is 0 Å². The predicted molar refractivity (Wildman–Crippen MR) is 101 cm³/mol. The van der Waals surface area contributed by atoms with E-state index in [4.69, 9.17) is 0 Å². The van der Waals surface area contributed by atoms with Gasteiger partial charge in [0.05, 0.1) is 5.56 Å². The largest absolute Gasteiger partial charge is 0.416 e. The van der Waals surface area contributed by atoms with Gasteiger partial charge in [0, 0.05) is 17.7 Å². The standard InChI is InChI=1S/C21H20F3N3O/c22-21(23,24)16-11-9-14(10-12-16)18-19(27-13-5-4-8-17(27)25-18)26-20(28)15-6-2-1-3-7-15/h4-5,8-13,15H,1-3,6-7H2,(H,26,28). The normalized spacial score (nSPS) is 15.7. The van der Waals surface area contributed by atoms with Crippen molar-refractivity contribution >= 4 is 17.4 Å². The Morgan fingerprint density at radius 2 is 1.75 bits per heavy atom. The fourth-order valence-corrected chi connectivity index (χ4v) is 3.72. The molecule has 0 radical (unpaired) electrons. The summed E-state index contributed by atoms with van der Waals surface area (Å²) in [5.41, 5.74) is 0.892. The van der Waals surface area contributed by atoms with Gasteiger partial charge in [0.25, 0.3) is 0 Å². The van der Waals surface area contributed by atoms with Gasteiger partial charge in [-0.2, -0.15) is 13.2 Å². The first kappa shape index (κ1) is 18.5. The summed E-state index contributed by atoms with van der Waals surface area (Å²) in [6.45, 7) is 0. The van der Waals surface area contributed by atoms with Crippen LogP contribution in [0, 0.1) is 5.92 Å². The Bertz CT molecular complexity index is 986. The number of benzene rings is 1. The van der Waals surface area contributed by atoms with Gasteiger partial charge in [0.1, 0.15) is 17.2 Å². The highest BCUT2D eigenvalue weighted by Gasteiger charge is 2.30. The van der Waals surface area contributed by atoms with Crippen LogP contribution in [0.25, 0.3) is 16.9 Å². The van der Waals surface area contributed by atoms with Crippen molar-refractivity contribution in [3.8, 4) is 11.3 Å². The molecule has 0 spiro atoms. The van der Waals surface area contributed by atoms with Gasteiger partial charge in [-0.05, 0) is 37.1 Å². The number of aromatic nitrogens is 2. The molecule has 3 aromatic rings. The van der Waals surface area contributed by atoms with Crippen molar-refractivity contribution < 1.29 is 18.0 Å². The van der Waals surface area contributed by atoms with E-state index in [2.05, 4.69) is 10.3 Å². The van der Waals surface area contributed by atoms with Crippen molar-refractivity contribution in [1.82, 2.24) is 9.38 Å². The predicted octanol–water partition coefficient (Wildman–Crippen LogP) is 5.54. The maximum absolute atomic E-state index is 12.9. The van der Waals surface area contributed by atoms with Crippen molar-refractivity contribution in [1.29, 1.82) is 0 Å². The number of fused-ring (bicyclic) bond motifs is 1. The van der Waals surface area contributed by atoms with Crippen molar-refractivity contribution in [3.05, 3.63) is 54.2 Å². The van der Waals surface area contributed by atoms with Gasteiger partial charge in [0.15, 0.2) is 0 Å². The summed E-state index contributed by atoms with van der Waals surface area (Å²) >= 11 is 0. The number of pyridine rings is 1. The van der Waals surface area contributed by atoms with Crippen LogP contribution in [-0.4, -0.2) is 15.3 Å². The number of halogens is 3. The lowest BCUT2D eigenvalue weighted by atomic mass is 9.88. The first-order valence-corrected chi connectivity index (χ1v) is 9.39. The van der Waals surface area contributed by atoms with E-state index in [1.54, 1.807) is 16.7 Å². The number of hydrogen-bond donors (Lipinski definition) is 1. The lowest BCUT2D eigenvalue weighted by Gasteiger charge is -2.21. The fraction of sp³-hybridized carbons (Fsp3) is 0.333. The van der Waals surface area contributed by atoms with Crippen LogP contribution in [0.15, 0.2) is 48.7 Å². The third-order valence-electron chi connectivity index (χ3n) is 5.23. The van der Waals surface area contributed by atoms with Crippen molar-refractivity contribution in [2.75, 3.05) is 5.32 Å². The quantitative estimate of drug-likeness (QED) is 0.641. The number of carbonyl (C=O) groups is 1. The van der Waals surface area contributed by atoms with E-state index < -0.39 is 11.7 Å². The Kier molecular flexibility index (Phi) is 4.83. The minimum Gasteiger partial charge on any atom is -0.310 e. The molecule has 1 aromatic carbocycles. The number of nitrogens with one attached hydrogen (secondary N) is 1. The molecule has 1 fully saturated rings. The molecule has 1 amide bonds. The third-order valence-corrected chi connectivity index (χ3v) is 5.23. The number of hydrogen-bond acceptors (Lipinski definition) is 2. The molecule has 0 bridgehead atoms. The molecule has 0 atom stereocenters. The summed E-state index contributed by atoms with van der Waals surface area (Å²) in [5, 5.41) is 2.99. The summed E-state index contributed by atoms with van der Waals surface area (Å²) < 4.78 is 40.4. The lowest BCUT2D eigenvalue weighted by Crippen LogP contribution is -2.25. The van der Waals surface area contributed by atoms with E-state index in [1.165, 1.54) is 12.1 Å². The second kappa shape index (κ2) is 7.30. The number of carbonyl (C=O) groups excluding carboxylic acids is 1. The van der Waals surface area contributed by atoms with E-state index >= 15 is 0 Å². The summed E-state index contributed by atoms with van der Waals surface area (Å²) in [4.78, 5) is 17.3. The average Bonchev–Trinajstić information content (AvgIpc) is 3.06. The van der Waals surface area contributed by atoms with Gasteiger partial charge >= 0.3 is 6.18 Å². The zero-order valence-electron chi connectivity index (χ0n) is 15.2. The summed E-state index contributed by atoms with van der Waals surface area (Å²) in [6, 6.07) is 10.3. The van der Waals surface area contributed by atoms with E-state index in [9.17, 15) is 18.0 Å². The smallest absolute Gasteiger partial charge is 0.310 e. The van der Waals surface area contributed by atoms with Crippen LogP contribution in [0.5, 0.6) is 0 Å². The highest BCUT2D eigenvalue weighted by molar-refractivity contribution is 5.96. The Balaban J connectivity index is 1.72. The molecule has 2 heterocycles. The van der Waals surface area contributed by atoms with Crippen LogP contribution >= 0.6 is 0 Å². The van der Waals surface area contributed by atoms with E-state index in [1.807, 2.05) is 12.1 Å². The molecule has 4 rings (SSSR count). The van der Waals surface area contributed by atoms with Crippen LogP contribution in [0.3, 0.4) is 0 Å². The van der Waals surface area contributed by atoms with Gasteiger partial charge in [0.2, 0.25) is 5.91 Å². The molecule has 4 nitrogen and oxygen atoms in total. The van der Waals surface area contributed by atoms with Crippen molar-refractivity contribution in [2.45, 2.75) is 38.3 Å².